The maximum absolute atomic E-state index is 13.7. The molecule has 6 nitrogen and oxygen atoms in total. The summed E-state index contributed by atoms with van der Waals surface area (Å²) < 4.78 is 13.5. The zero-order valence-corrected chi connectivity index (χ0v) is 22.2. The number of nitrogens with zero attached hydrogens (tertiary/aromatic N) is 3. The van der Waals surface area contributed by atoms with Gasteiger partial charge in [0.25, 0.3) is 0 Å². The zero-order chi connectivity index (χ0) is 26.0. The minimum Gasteiger partial charge on any atom is -0.334 e. The van der Waals surface area contributed by atoms with Gasteiger partial charge in [0.05, 0.1) is 6.54 Å². The molecule has 0 saturated carbocycles. The topological polar surface area (TPSA) is 55.9 Å². The molecule has 0 atom stereocenters. The summed E-state index contributed by atoms with van der Waals surface area (Å²) in [5, 5.41) is 5.01. The van der Waals surface area contributed by atoms with E-state index >= 15 is 0 Å². The molecule has 0 aliphatic carbocycles. The average Bonchev–Trinajstić information content (AvgIpc) is 3.58. The van der Waals surface area contributed by atoms with Crippen LogP contribution in [0, 0.1) is 12.7 Å². The predicted octanol–water partition coefficient (Wildman–Crippen LogP) is 5.03. The Hall–Kier alpha value is -3.23. The lowest BCUT2D eigenvalue weighted by Gasteiger charge is -2.29. The molecule has 1 saturated heterocycles. The molecule has 4 rings (SSSR count). The first-order chi connectivity index (χ1) is 18.0. The largest absolute Gasteiger partial charge is 0.334 e. The Bertz CT molecular complexity index is 1150. The Labute approximate surface area is 222 Å². The first-order valence-corrected chi connectivity index (χ1v) is 13.7. The number of carbonyl (C=O) groups excluding carboxylic acids is 2. The third kappa shape index (κ3) is 8.13. The van der Waals surface area contributed by atoms with Gasteiger partial charge in [-0.25, -0.2) is 9.18 Å². The van der Waals surface area contributed by atoms with E-state index in [1.807, 2.05) is 48.7 Å². The number of carbonyl (C=O) groups is 2. The molecule has 0 bridgehead atoms. The smallest absolute Gasteiger partial charge is 0.318 e. The number of amides is 3. The minimum absolute atomic E-state index is 0.0138. The Kier molecular flexibility index (Phi) is 9.68. The standard InChI is InChI=1S/C29H35FN4O2S/c1-23-13-18-37-27(23)21-34(20-25-9-11-26(30)12-10-25)28(35)22-33(17-16-32-14-5-6-15-32)29(36)31-19-24-7-3-2-4-8-24/h2-4,7-13,18H,5-6,14-17,19-22H2,1H3,(H,31,36). The van der Waals surface area contributed by atoms with Crippen molar-refractivity contribution in [1.82, 2.24) is 20.0 Å². The van der Waals surface area contributed by atoms with Crippen LogP contribution in [0.3, 0.4) is 0 Å². The second-order valence-electron chi connectivity index (χ2n) is 9.52. The van der Waals surface area contributed by atoms with Crippen molar-refractivity contribution in [1.29, 1.82) is 0 Å². The number of aryl methyl sites for hydroxylation is 1. The average molecular weight is 523 g/mol. The summed E-state index contributed by atoms with van der Waals surface area (Å²) in [7, 11) is 0. The number of likely N-dealkylation sites (tertiary alicyclic amines) is 1. The first-order valence-electron chi connectivity index (χ1n) is 12.8. The van der Waals surface area contributed by atoms with Crippen LogP contribution in [0.2, 0.25) is 0 Å². The monoisotopic (exact) mass is 522 g/mol. The van der Waals surface area contributed by atoms with Crippen molar-refractivity contribution in [2.45, 2.75) is 39.4 Å². The number of thiophene rings is 1. The van der Waals surface area contributed by atoms with Crippen LogP contribution in [0.4, 0.5) is 9.18 Å². The molecule has 0 unspecified atom stereocenters. The summed E-state index contributed by atoms with van der Waals surface area (Å²) in [5.74, 6) is -0.438. The number of rotatable bonds is 11. The molecule has 196 valence electrons. The predicted molar refractivity (Wildman–Crippen MR) is 146 cm³/mol. The van der Waals surface area contributed by atoms with Crippen LogP contribution in [0.15, 0.2) is 66.0 Å². The molecule has 2 heterocycles. The zero-order valence-electron chi connectivity index (χ0n) is 21.4. The van der Waals surface area contributed by atoms with E-state index in [0.717, 1.165) is 41.2 Å². The van der Waals surface area contributed by atoms with E-state index < -0.39 is 0 Å². The lowest BCUT2D eigenvalue weighted by Crippen LogP contribution is -2.48. The number of hydrogen-bond acceptors (Lipinski definition) is 4. The van der Waals surface area contributed by atoms with E-state index in [4.69, 9.17) is 0 Å². The van der Waals surface area contributed by atoms with Gasteiger partial charge in [0.1, 0.15) is 12.4 Å². The van der Waals surface area contributed by atoms with Gasteiger partial charge in [0.15, 0.2) is 0 Å². The minimum atomic E-state index is -0.307. The summed E-state index contributed by atoms with van der Waals surface area (Å²) in [4.78, 5) is 33.7. The fraction of sp³-hybridized carbons (Fsp3) is 0.379. The molecule has 37 heavy (non-hydrogen) atoms. The van der Waals surface area contributed by atoms with Crippen molar-refractivity contribution in [3.05, 3.63) is 93.4 Å². The summed E-state index contributed by atoms with van der Waals surface area (Å²) in [6, 6.07) is 17.8. The molecule has 1 aliphatic rings. The van der Waals surface area contributed by atoms with Crippen LogP contribution < -0.4 is 5.32 Å². The highest BCUT2D eigenvalue weighted by atomic mass is 32.1. The molecule has 3 amide bonds. The van der Waals surface area contributed by atoms with E-state index in [9.17, 15) is 14.0 Å². The van der Waals surface area contributed by atoms with Crippen LogP contribution in [0.5, 0.6) is 0 Å². The Balaban J connectivity index is 1.47. The Morgan fingerprint density at radius 1 is 0.946 bits per heavy atom. The van der Waals surface area contributed by atoms with Gasteiger partial charge >= 0.3 is 6.03 Å². The second kappa shape index (κ2) is 13.4. The van der Waals surface area contributed by atoms with Crippen molar-refractivity contribution in [2.24, 2.45) is 0 Å². The highest BCUT2D eigenvalue weighted by Crippen LogP contribution is 2.20. The molecule has 1 aromatic heterocycles. The van der Waals surface area contributed by atoms with Crippen molar-refractivity contribution >= 4 is 23.3 Å². The summed E-state index contributed by atoms with van der Waals surface area (Å²) in [6.07, 6.45) is 2.34. The molecule has 1 aliphatic heterocycles. The molecule has 8 heteroatoms. The summed E-state index contributed by atoms with van der Waals surface area (Å²) in [6.45, 7) is 6.51. The van der Waals surface area contributed by atoms with Gasteiger partial charge in [-0.05, 0) is 73.1 Å². The van der Waals surface area contributed by atoms with Crippen molar-refractivity contribution in [2.75, 3.05) is 32.7 Å². The van der Waals surface area contributed by atoms with E-state index in [1.165, 1.54) is 25.0 Å². The van der Waals surface area contributed by atoms with E-state index in [1.54, 1.807) is 33.3 Å². The van der Waals surface area contributed by atoms with Gasteiger partial charge in [-0.3, -0.25) is 4.79 Å². The number of nitrogens with one attached hydrogen (secondary N) is 1. The number of halogens is 1. The third-order valence-corrected chi connectivity index (χ3v) is 7.73. The Morgan fingerprint density at radius 2 is 1.68 bits per heavy atom. The fourth-order valence-electron chi connectivity index (χ4n) is 4.45. The van der Waals surface area contributed by atoms with Crippen LogP contribution >= 0.6 is 11.3 Å². The molecular weight excluding hydrogens is 487 g/mol. The number of urea groups is 1. The van der Waals surface area contributed by atoms with Gasteiger partial charge in [-0.1, -0.05) is 42.5 Å². The fourth-order valence-corrected chi connectivity index (χ4v) is 5.37. The lowest BCUT2D eigenvalue weighted by molar-refractivity contribution is -0.133. The van der Waals surface area contributed by atoms with E-state index in [0.29, 0.717) is 26.2 Å². The molecular formula is C29H35FN4O2S. The normalized spacial score (nSPS) is 13.5. The Morgan fingerprint density at radius 3 is 2.35 bits per heavy atom. The van der Waals surface area contributed by atoms with Gasteiger partial charge in [0, 0.05) is 31.1 Å². The van der Waals surface area contributed by atoms with E-state index in [2.05, 4.69) is 10.2 Å². The quantitative estimate of drug-likeness (QED) is 0.384. The van der Waals surface area contributed by atoms with Gasteiger partial charge in [0.2, 0.25) is 5.91 Å². The number of hydrogen-bond donors (Lipinski definition) is 1. The maximum atomic E-state index is 13.7. The van der Waals surface area contributed by atoms with Crippen LogP contribution in [-0.4, -0.2) is 59.4 Å². The molecule has 0 radical (unpaired) electrons. The molecule has 0 spiro atoms. The lowest BCUT2D eigenvalue weighted by atomic mass is 10.2. The number of benzene rings is 2. The van der Waals surface area contributed by atoms with Gasteiger partial charge < -0.3 is 20.0 Å². The molecule has 1 fully saturated rings. The highest BCUT2D eigenvalue weighted by Gasteiger charge is 2.24. The molecule has 1 N–H and O–H groups in total. The SMILES string of the molecule is Cc1ccsc1CN(Cc1ccc(F)cc1)C(=O)CN(CCN1CCCC1)C(=O)NCc1ccccc1. The maximum Gasteiger partial charge on any atom is 0.318 e. The third-order valence-electron chi connectivity index (χ3n) is 6.73. The second-order valence-corrected chi connectivity index (χ2v) is 10.5. The molecule has 2 aromatic carbocycles. The van der Waals surface area contributed by atoms with Crippen LogP contribution in [0.25, 0.3) is 0 Å². The highest BCUT2D eigenvalue weighted by molar-refractivity contribution is 7.10. The van der Waals surface area contributed by atoms with Crippen LogP contribution in [0.1, 0.15) is 34.4 Å². The van der Waals surface area contributed by atoms with Crippen molar-refractivity contribution in [3.63, 3.8) is 0 Å². The summed E-state index contributed by atoms with van der Waals surface area (Å²) in [5.41, 5.74) is 2.99. The first kappa shape index (κ1) is 26.8. The van der Waals surface area contributed by atoms with Crippen molar-refractivity contribution < 1.29 is 14.0 Å². The van der Waals surface area contributed by atoms with Gasteiger partial charge in [-0.15, -0.1) is 11.3 Å². The van der Waals surface area contributed by atoms with E-state index in [-0.39, 0.29) is 24.3 Å². The van der Waals surface area contributed by atoms with Crippen molar-refractivity contribution in [3.8, 4) is 0 Å². The van der Waals surface area contributed by atoms with Crippen LogP contribution in [-0.2, 0) is 24.4 Å². The summed E-state index contributed by atoms with van der Waals surface area (Å²) >= 11 is 1.61. The molecule has 3 aromatic rings. The van der Waals surface area contributed by atoms with Gasteiger partial charge in [-0.2, -0.15) is 0 Å².